The summed E-state index contributed by atoms with van der Waals surface area (Å²) in [4.78, 5) is 33.6. The molecule has 3 aromatic rings. The zero-order valence-electron chi connectivity index (χ0n) is 18.4. The van der Waals surface area contributed by atoms with E-state index in [1.165, 1.54) is 0 Å². The number of aromatic amines is 1. The average molecular weight is 419 g/mol. The molecule has 4 rings (SSSR count). The van der Waals surface area contributed by atoms with Crippen molar-refractivity contribution in [3.05, 3.63) is 65.9 Å². The summed E-state index contributed by atoms with van der Waals surface area (Å²) in [6.45, 7) is 5.60. The first-order valence-electron chi connectivity index (χ1n) is 10.9. The third-order valence-electron chi connectivity index (χ3n) is 6.02. The van der Waals surface area contributed by atoms with Gasteiger partial charge in [0.15, 0.2) is 0 Å². The highest BCUT2D eigenvalue weighted by Gasteiger charge is 2.30. The van der Waals surface area contributed by atoms with E-state index in [4.69, 9.17) is 0 Å². The van der Waals surface area contributed by atoms with Gasteiger partial charge >= 0.3 is 0 Å². The maximum Gasteiger partial charge on any atom is 0.245 e. The minimum absolute atomic E-state index is 0.0376. The second-order valence-corrected chi connectivity index (χ2v) is 8.59. The number of anilines is 1. The Morgan fingerprint density at radius 1 is 1.06 bits per heavy atom. The second-order valence-electron chi connectivity index (χ2n) is 8.59. The van der Waals surface area contributed by atoms with Crippen LogP contribution in [0.1, 0.15) is 25.0 Å². The molecule has 2 heterocycles. The molecule has 162 valence electrons. The molecule has 1 aromatic heterocycles. The lowest BCUT2D eigenvalue weighted by Crippen LogP contribution is -2.51. The number of para-hydroxylation sites is 2. The highest BCUT2D eigenvalue weighted by Crippen LogP contribution is 2.25. The Kier molecular flexibility index (Phi) is 5.98. The zero-order valence-corrected chi connectivity index (χ0v) is 18.4. The molecule has 0 aliphatic carbocycles. The largest absolute Gasteiger partial charge is 0.373 e. The van der Waals surface area contributed by atoms with Crippen LogP contribution >= 0.6 is 0 Å². The summed E-state index contributed by atoms with van der Waals surface area (Å²) in [6, 6.07) is 15.6. The Labute approximate surface area is 183 Å². The van der Waals surface area contributed by atoms with Gasteiger partial charge < -0.3 is 20.1 Å². The van der Waals surface area contributed by atoms with Crippen molar-refractivity contribution in [2.75, 3.05) is 25.0 Å². The van der Waals surface area contributed by atoms with Crippen LogP contribution < -0.4 is 10.2 Å². The topological polar surface area (TPSA) is 68.4 Å². The number of nitrogens with zero attached hydrogens (tertiary/aromatic N) is 2. The molecular formula is C25H30N4O2. The maximum absolute atomic E-state index is 13.7. The van der Waals surface area contributed by atoms with E-state index >= 15 is 0 Å². The fraction of sp³-hybridized carbons (Fsp3) is 0.360. The van der Waals surface area contributed by atoms with Gasteiger partial charge in [0.1, 0.15) is 6.04 Å². The number of H-pyrrole nitrogens is 1. The van der Waals surface area contributed by atoms with Crippen LogP contribution in [0.25, 0.3) is 10.9 Å². The Hall–Kier alpha value is -3.28. The molecule has 2 amide bonds. The number of hydrogen-bond acceptors (Lipinski definition) is 3. The van der Waals surface area contributed by atoms with Crippen LogP contribution in [0.15, 0.2) is 54.7 Å². The third kappa shape index (κ3) is 4.43. The molecule has 6 heteroatoms. The van der Waals surface area contributed by atoms with Gasteiger partial charge in [0, 0.05) is 61.8 Å². The summed E-state index contributed by atoms with van der Waals surface area (Å²) in [5.74, 6) is -0.329. The Bertz CT molecular complexity index is 1090. The first kappa shape index (κ1) is 21.0. The smallest absolute Gasteiger partial charge is 0.245 e. The van der Waals surface area contributed by atoms with Crippen molar-refractivity contribution in [3.8, 4) is 0 Å². The first-order valence-corrected chi connectivity index (χ1v) is 10.9. The monoisotopic (exact) mass is 418 g/mol. The Morgan fingerprint density at radius 3 is 2.61 bits per heavy atom. The molecule has 1 aliphatic heterocycles. The Morgan fingerprint density at radius 2 is 1.81 bits per heavy atom. The fourth-order valence-corrected chi connectivity index (χ4v) is 4.16. The SMILES string of the molecule is CC(C)C(=O)NC(Cc1c[nH]c2ccccc12)C(=O)N1CCN(C)c2ccccc2C1. The number of nitrogens with one attached hydrogen (secondary N) is 2. The molecule has 0 fully saturated rings. The molecule has 0 bridgehead atoms. The molecule has 1 atom stereocenters. The van der Waals surface area contributed by atoms with E-state index < -0.39 is 6.04 Å². The number of aromatic nitrogens is 1. The van der Waals surface area contributed by atoms with Gasteiger partial charge in [-0.3, -0.25) is 9.59 Å². The predicted octanol–water partition coefficient (Wildman–Crippen LogP) is 3.33. The molecule has 0 radical (unpaired) electrons. The molecule has 2 N–H and O–H groups in total. The van der Waals surface area contributed by atoms with Crippen LogP contribution in [0, 0.1) is 5.92 Å². The van der Waals surface area contributed by atoms with E-state index in [-0.39, 0.29) is 17.7 Å². The summed E-state index contributed by atoms with van der Waals surface area (Å²) in [5.41, 5.74) is 4.34. The van der Waals surface area contributed by atoms with Gasteiger partial charge in [-0.05, 0) is 23.3 Å². The molecule has 1 aliphatic rings. The first-order chi connectivity index (χ1) is 14.9. The van der Waals surface area contributed by atoms with Gasteiger partial charge in [0.2, 0.25) is 11.8 Å². The van der Waals surface area contributed by atoms with E-state index in [1.54, 1.807) is 0 Å². The zero-order chi connectivity index (χ0) is 22.0. The highest BCUT2D eigenvalue weighted by molar-refractivity contribution is 5.90. The Balaban J connectivity index is 1.61. The number of rotatable bonds is 5. The summed E-state index contributed by atoms with van der Waals surface area (Å²) in [7, 11) is 2.05. The fourth-order valence-electron chi connectivity index (χ4n) is 4.16. The molecule has 2 aromatic carbocycles. The maximum atomic E-state index is 13.7. The van der Waals surface area contributed by atoms with Gasteiger partial charge in [-0.25, -0.2) is 0 Å². The number of likely N-dealkylation sites (N-methyl/N-ethyl adjacent to an activating group) is 1. The molecule has 0 saturated carbocycles. The van der Waals surface area contributed by atoms with Crippen molar-refractivity contribution < 1.29 is 9.59 Å². The van der Waals surface area contributed by atoms with Crippen molar-refractivity contribution in [3.63, 3.8) is 0 Å². The van der Waals surface area contributed by atoms with Crippen molar-refractivity contribution in [1.82, 2.24) is 15.2 Å². The standard InChI is InChI=1S/C25H30N4O2/c1-17(2)24(30)27-22(14-19-15-26-21-10-6-5-9-20(19)21)25(31)29-13-12-28(3)23-11-7-4-8-18(23)16-29/h4-11,15,17,22,26H,12-14,16H2,1-3H3,(H,27,30). The number of benzene rings is 2. The molecular weight excluding hydrogens is 388 g/mol. The van der Waals surface area contributed by atoms with Crippen LogP contribution in [0.2, 0.25) is 0 Å². The van der Waals surface area contributed by atoms with Crippen LogP contribution in [0.5, 0.6) is 0 Å². The van der Waals surface area contributed by atoms with Crippen LogP contribution in [-0.4, -0.2) is 47.9 Å². The van der Waals surface area contributed by atoms with Crippen LogP contribution in [0.3, 0.4) is 0 Å². The second kappa shape index (κ2) is 8.84. The number of hydrogen-bond donors (Lipinski definition) is 2. The normalized spacial score (nSPS) is 15.0. The van der Waals surface area contributed by atoms with Crippen molar-refractivity contribution in [2.45, 2.75) is 32.9 Å². The van der Waals surface area contributed by atoms with Gasteiger partial charge in [0.05, 0.1) is 0 Å². The van der Waals surface area contributed by atoms with Gasteiger partial charge in [-0.2, -0.15) is 0 Å². The van der Waals surface area contributed by atoms with E-state index in [1.807, 2.05) is 61.3 Å². The summed E-state index contributed by atoms with van der Waals surface area (Å²) >= 11 is 0. The third-order valence-corrected chi connectivity index (χ3v) is 6.02. The quantitative estimate of drug-likeness (QED) is 0.668. The molecule has 6 nitrogen and oxygen atoms in total. The van der Waals surface area contributed by atoms with E-state index in [2.05, 4.69) is 34.4 Å². The lowest BCUT2D eigenvalue weighted by molar-refractivity contribution is -0.137. The van der Waals surface area contributed by atoms with Gasteiger partial charge in [-0.1, -0.05) is 50.2 Å². The number of carbonyl (C=O) groups is 2. The van der Waals surface area contributed by atoms with Crippen molar-refractivity contribution >= 4 is 28.4 Å². The van der Waals surface area contributed by atoms with Gasteiger partial charge in [-0.15, -0.1) is 0 Å². The van der Waals surface area contributed by atoms with E-state index in [0.29, 0.717) is 19.5 Å². The molecule has 1 unspecified atom stereocenters. The summed E-state index contributed by atoms with van der Waals surface area (Å²) < 4.78 is 0. The molecule has 31 heavy (non-hydrogen) atoms. The number of fused-ring (bicyclic) bond motifs is 2. The highest BCUT2D eigenvalue weighted by atomic mass is 16.2. The van der Waals surface area contributed by atoms with E-state index in [0.717, 1.165) is 34.3 Å². The van der Waals surface area contributed by atoms with E-state index in [9.17, 15) is 9.59 Å². The van der Waals surface area contributed by atoms with Crippen LogP contribution in [0.4, 0.5) is 5.69 Å². The summed E-state index contributed by atoms with van der Waals surface area (Å²) in [5, 5.41) is 4.10. The van der Waals surface area contributed by atoms with Crippen molar-refractivity contribution in [1.29, 1.82) is 0 Å². The number of carbonyl (C=O) groups excluding carboxylic acids is 2. The minimum atomic E-state index is -0.607. The van der Waals surface area contributed by atoms with Gasteiger partial charge in [0.25, 0.3) is 0 Å². The predicted molar refractivity (Wildman–Crippen MR) is 124 cm³/mol. The number of amides is 2. The molecule has 0 spiro atoms. The lowest BCUT2D eigenvalue weighted by atomic mass is 10.0. The molecule has 0 saturated heterocycles. The minimum Gasteiger partial charge on any atom is -0.373 e. The summed E-state index contributed by atoms with van der Waals surface area (Å²) in [6.07, 6.45) is 2.40. The average Bonchev–Trinajstić information content (AvgIpc) is 3.10. The lowest BCUT2D eigenvalue weighted by Gasteiger charge is -2.27. The van der Waals surface area contributed by atoms with Crippen LogP contribution in [-0.2, 0) is 22.6 Å². The van der Waals surface area contributed by atoms with Crippen molar-refractivity contribution in [2.24, 2.45) is 5.92 Å².